The smallest absolute Gasteiger partial charge is 0.328 e. The van der Waals surface area contributed by atoms with Crippen molar-refractivity contribution in [1.82, 2.24) is 20.4 Å². The first-order valence-corrected chi connectivity index (χ1v) is 16.6. The van der Waals surface area contributed by atoms with Crippen LogP contribution in [0, 0.1) is 36.0 Å². The number of imide groups is 1. The number of aryl methyl sites for hydroxylation is 1. The van der Waals surface area contributed by atoms with Crippen LogP contribution < -0.4 is 21.3 Å². The van der Waals surface area contributed by atoms with Crippen molar-refractivity contribution in [1.29, 1.82) is 0 Å². The van der Waals surface area contributed by atoms with Gasteiger partial charge in [-0.25, -0.2) is 9.59 Å². The Hall–Kier alpha value is -4.94. The fourth-order valence-corrected chi connectivity index (χ4v) is 9.31. The highest BCUT2D eigenvalue weighted by Gasteiger charge is 2.70. The number of hydrogen-bond donors (Lipinski definition) is 5. The lowest BCUT2D eigenvalue weighted by molar-refractivity contribution is -0.141. The number of carbonyl (C=O) groups excluding carboxylic acids is 5. The van der Waals surface area contributed by atoms with Gasteiger partial charge in [-0.3, -0.25) is 24.1 Å². The van der Waals surface area contributed by atoms with Gasteiger partial charge in [0.05, 0.1) is 6.42 Å². The Morgan fingerprint density at radius 1 is 0.979 bits per heavy atom. The van der Waals surface area contributed by atoms with E-state index < -0.39 is 54.8 Å². The number of aliphatic carboxylic acids is 1. The molecule has 0 aromatic heterocycles. The summed E-state index contributed by atoms with van der Waals surface area (Å²) in [5.74, 6) is -0.897. The highest BCUT2D eigenvalue weighted by Crippen LogP contribution is 2.75. The van der Waals surface area contributed by atoms with Gasteiger partial charge in [0, 0.05) is 24.0 Å². The molecule has 48 heavy (non-hydrogen) atoms. The minimum Gasteiger partial charge on any atom is -0.481 e. The molecule has 5 N–H and O–H groups in total. The van der Waals surface area contributed by atoms with Crippen LogP contribution in [0.4, 0.5) is 21.0 Å². The van der Waals surface area contributed by atoms with Gasteiger partial charge in [-0.15, -0.1) is 0 Å². The van der Waals surface area contributed by atoms with Crippen LogP contribution in [-0.4, -0.2) is 75.8 Å². The Labute approximate surface area is 277 Å². The standard InChI is InChI=1S/C35H40N6O7/c1-19-4-2-3-5-26(19)38-33(47)36-24-8-6-20(7-9-24)16-40-18-29(43)41(34(40)48)17-28(42)37-27(13-30(44)45)32(46)39-31-22-10-21-11-23-12-25(31)35(23,14-21)15-22/h2-9,21-23,25,27,31H,10-18H2,1H3,(H,37,42)(H,39,46)(H,44,45)(H2,36,38,47)/t21?,22?,23?,25?,27-,31?,35?/m0/s1. The van der Waals surface area contributed by atoms with E-state index in [0.717, 1.165) is 35.6 Å². The summed E-state index contributed by atoms with van der Waals surface area (Å²) in [6.07, 6.45) is 5.19. The second kappa shape index (κ2) is 12.3. The van der Waals surface area contributed by atoms with Gasteiger partial charge in [0.2, 0.25) is 11.8 Å². The molecule has 13 heteroatoms. The van der Waals surface area contributed by atoms with Gasteiger partial charge in [0.25, 0.3) is 5.91 Å². The molecule has 5 aliphatic rings. The largest absolute Gasteiger partial charge is 0.481 e. The number of para-hydroxylation sites is 1. The molecule has 1 spiro atoms. The van der Waals surface area contributed by atoms with E-state index in [4.69, 9.17) is 0 Å². The van der Waals surface area contributed by atoms with Crippen molar-refractivity contribution >= 4 is 47.1 Å². The molecule has 1 saturated heterocycles. The van der Waals surface area contributed by atoms with Crippen molar-refractivity contribution in [3.63, 3.8) is 0 Å². The molecule has 7 atom stereocenters. The summed E-state index contributed by atoms with van der Waals surface area (Å²) < 4.78 is 0. The van der Waals surface area contributed by atoms with E-state index in [0.29, 0.717) is 40.1 Å². The minimum absolute atomic E-state index is 0.0110. The summed E-state index contributed by atoms with van der Waals surface area (Å²) in [6, 6.07) is 11.8. The molecule has 3 bridgehead atoms. The number of urea groups is 2. The van der Waals surface area contributed by atoms with E-state index in [1.165, 1.54) is 17.7 Å². The van der Waals surface area contributed by atoms with Crippen molar-refractivity contribution < 1.29 is 33.9 Å². The Morgan fingerprint density at radius 2 is 1.75 bits per heavy atom. The van der Waals surface area contributed by atoms with Gasteiger partial charge in [0.1, 0.15) is 19.1 Å². The van der Waals surface area contributed by atoms with Crippen molar-refractivity contribution in [2.24, 2.45) is 29.1 Å². The van der Waals surface area contributed by atoms with Crippen LogP contribution >= 0.6 is 0 Å². The number of carboxylic acids is 1. The number of hydrogen-bond acceptors (Lipinski definition) is 6. The molecule has 2 aromatic carbocycles. The second-order valence-corrected chi connectivity index (χ2v) is 14.2. The van der Waals surface area contributed by atoms with E-state index in [1.807, 2.05) is 25.1 Å². The van der Waals surface area contributed by atoms with Crippen LogP contribution in [0.1, 0.15) is 49.7 Å². The number of nitrogens with one attached hydrogen (secondary N) is 4. The summed E-state index contributed by atoms with van der Waals surface area (Å²) >= 11 is 0. The van der Waals surface area contributed by atoms with Crippen LogP contribution in [0.3, 0.4) is 0 Å². The average molecular weight is 657 g/mol. The molecular formula is C35H40N6O7. The fraction of sp³-hybridized carbons (Fsp3) is 0.486. The van der Waals surface area contributed by atoms with Gasteiger partial charge >= 0.3 is 18.0 Å². The third-order valence-corrected chi connectivity index (χ3v) is 11.3. The summed E-state index contributed by atoms with van der Waals surface area (Å²) in [7, 11) is 0. The van der Waals surface area contributed by atoms with E-state index in [-0.39, 0.29) is 19.1 Å². The maximum Gasteiger partial charge on any atom is 0.328 e. The molecule has 2 aromatic rings. The normalized spacial score (nSPS) is 28.5. The zero-order valence-electron chi connectivity index (χ0n) is 26.7. The molecule has 252 valence electrons. The van der Waals surface area contributed by atoms with Gasteiger partial charge < -0.3 is 31.3 Å². The lowest BCUT2D eigenvalue weighted by Crippen LogP contribution is -2.56. The van der Waals surface area contributed by atoms with E-state index in [1.54, 1.807) is 30.3 Å². The molecular weight excluding hydrogens is 616 g/mol. The van der Waals surface area contributed by atoms with Crippen LogP contribution in [0.15, 0.2) is 48.5 Å². The maximum atomic E-state index is 13.4. The first-order valence-electron chi connectivity index (χ1n) is 16.6. The molecule has 5 fully saturated rings. The third kappa shape index (κ3) is 5.86. The van der Waals surface area contributed by atoms with E-state index >= 15 is 0 Å². The molecule has 4 saturated carbocycles. The zero-order valence-corrected chi connectivity index (χ0v) is 26.7. The lowest BCUT2D eigenvalue weighted by Gasteiger charge is -2.50. The SMILES string of the molecule is Cc1ccccc1NC(=O)Nc1ccc(CN2CC(=O)N(CC(=O)N[C@@H](CC(=O)O)C(=O)NC3C4CC5CC6CC3C6(C5)C4)C2=O)cc1. The second-order valence-electron chi connectivity index (χ2n) is 14.2. The van der Waals surface area contributed by atoms with E-state index in [2.05, 4.69) is 21.3 Å². The average Bonchev–Trinajstić information content (AvgIpc) is 3.47. The molecule has 6 unspecified atom stereocenters. The van der Waals surface area contributed by atoms with Gasteiger partial charge in [-0.1, -0.05) is 30.3 Å². The third-order valence-electron chi connectivity index (χ3n) is 11.3. The van der Waals surface area contributed by atoms with Crippen LogP contribution in [0.25, 0.3) is 0 Å². The van der Waals surface area contributed by atoms with Crippen molar-refractivity contribution in [3.05, 3.63) is 59.7 Å². The van der Waals surface area contributed by atoms with Crippen molar-refractivity contribution in [3.8, 4) is 0 Å². The number of amides is 7. The van der Waals surface area contributed by atoms with Crippen LogP contribution in [0.2, 0.25) is 0 Å². The van der Waals surface area contributed by atoms with Crippen LogP contribution in [-0.2, 0) is 25.7 Å². The monoisotopic (exact) mass is 656 g/mol. The molecule has 1 aliphatic heterocycles. The topological polar surface area (TPSA) is 177 Å². The highest BCUT2D eigenvalue weighted by molar-refractivity contribution is 6.05. The number of benzene rings is 2. The number of fused-ring (bicyclic) bond motifs is 2. The number of anilines is 2. The Bertz CT molecular complexity index is 1680. The van der Waals surface area contributed by atoms with E-state index in [9.17, 15) is 33.9 Å². The van der Waals surface area contributed by atoms with Crippen molar-refractivity contribution in [2.45, 2.75) is 64.1 Å². The number of rotatable bonds is 11. The molecule has 1 heterocycles. The Balaban J connectivity index is 0.913. The molecule has 7 rings (SSSR count). The number of carbonyl (C=O) groups is 6. The summed E-state index contributed by atoms with van der Waals surface area (Å²) in [6.45, 7) is 1.12. The molecule has 0 radical (unpaired) electrons. The first-order chi connectivity index (χ1) is 23.0. The maximum absolute atomic E-state index is 13.4. The Morgan fingerprint density at radius 3 is 2.50 bits per heavy atom. The summed E-state index contributed by atoms with van der Waals surface area (Å²) in [5.41, 5.74) is 3.18. The van der Waals surface area contributed by atoms with Crippen LogP contribution in [0.5, 0.6) is 0 Å². The predicted molar refractivity (Wildman–Crippen MR) is 173 cm³/mol. The quantitative estimate of drug-likeness (QED) is 0.231. The molecule has 13 nitrogen and oxygen atoms in total. The van der Waals surface area contributed by atoms with Gasteiger partial charge in [-0.2, -0.15) is 0 Å². The van der Waals surface area contributed by atoms with Crippen molar-refractivity contribution in [2.75, 3.05) is 23.7 Å². The fourth-order valence-electron chi connectivity index (χ4n) is 9.31. The Kier molecular flexibility index (Phi) is 8.08. The lowest BCUT2D eigenvalue weighted by atomic mass is 9.55. The zero-order chi connectivity index (χ0) is 33.7. The van der Waals surface area contributed by atoms with Gasteiger partial charge in [0.15, 0.2) is 0 Å². The van der Waals surface area contributed by atoms with Gasteiger partial charge in [-0.05, 0) is 97.4 Å². The number of carboxylic acid groups (broad SMARTS) is 1. The highest BCUT2D eigenvalue weighted by atomic mass is 16.4. The molecule has 7 amide bonds. The first kappa shape index (κ1) is 31.6. The molecule has 4 aliphatic carbocycles. The summed E-state index contributed by atoms with van der Waals surface area (Å²) in [5, 5.41) is 20.6. The number of nitrogens with zero attached hydrogens (tertiary/aromatic N) is 2. The minimum atomic E-state index is -1.32. The summed E-state index contributed by atoms with van der Waals surface area (Å²) in [4.78, 5) is 78.4. The predicted octanol–water partition coefficient (Wildman–Crippen LogP) is 3.30.